The topological polar surface area (TPSA) is 81.3 Å². The number of fused-ring (bicyclic) bond motifs is 1. The summed E-state index contributed by atoms with van der Waals surface area (Å²) >= 11 is 0. The third-order valence-corrected chi connectivity index (χ3v) is 7.70. The normalized spacial score (nSPS) is 20.7. The average molecular weight is 540 g/mol. The Labute approximate surface area is 233 Å². The SMILES string of the molecule is CCCCC(=O)NC[C@@H]1CNC[C@H](OCc2ccc3c(c2)N(CCCOC)CCO3)[C@H]1c1ccc(OC)cc1. The first-order valence-corrected chi connectivity index (χ1v) is 14.4. The monoisotopic (exact) mass is 539 g/mol. The number of nitrogens with one attached hydrogen (secondary N) is 2. The van der Waals surface area contributed by atoms with Crippen molar-refractivity contribution in [2.75, 3.05) is 65.1 Å². The lowest BCUT2D eigenvalue weighted by Gasteiger charge is -2.39. The van der Waals surface area contributed by atoms with Crippen LogP contribution in [-0.4, -0.2) is 72.2 Å². The van der Waals surface area contributed by atoms with Crippen molar-refractivity contribution in [3.8, 4) is 11.5 Å². The molecule has 3 atom stereocenters. The molecule has 0 unspecified atom stereocenters. The van der Waals surface area contributed by atoms with Gasteiger partial charge in [-0.05, 0) is 54.2 Å². The number of ether oxygens (including phenoxy) is 4. The van der Waals surface area contributed by atoms with Crippen LogP contribution in [0, 0.1) is 5.92 Å². The quantitative estimate of drug-likeness (QED) is 0.350. The Morgan fingerprint density at radius 3 is 2.74 bits per heavy atom. The highest BCUT2D eigenvalue weighted by atomic mass is 16.5. The number of anilines is 1. The number of unbranched alkanes of at least 4 members (excludes halogenated alkanes) is 1. The van der Waals surface area contributed by atoms with Gasteiger partial charge >= 0.3 is 0 Å². The smallest absolute Gasteiger partial charge is 0.220 e. The molecule has 0 bridgehead atoms. The fraction of sp³-hybridized carbons (Fsp3) is 0.581. The molecule has 2 aliphatic heterocycles. The number of piperidine rings is 1. The fourth-order valence-corrected chi connectivity index (χ4v) is 5.56. The molecule has 1 fully saturated rings. The molecule has 0 aromatic heterocycles. The molecule has 2 heterocycles. The summed E-state index contributed by atoms with van der Waals surface area (Å²) in [6.45, 7) is 8.08. The van der Waals surface area contributed by atoms with Gasteiger partial charge in [-0.2, -0.15) is 0 Å². The summed E-state index contributed by atoms with van der Waals surface area (Å²) < 4.78 is 23.2. The van der Waals surface area contributed by atoms with Crippen LogP contribution in [0.15, 0.2) is 42.5 Å². The van der Waals surface area contributed by atoms with Gasteiger partial charge in [0.2, 0.25) is 5.91 Å². The summed E-state index contributed by atoms with van der Waals surface area (Å²) in [5.41, 5.74) is 3.46. The maximum absolute atomic E-state index is 12.4. The minimum atomic E-state index is -0.0326. The molecule has 2 aromatic rings. The maximum Gasteiger partial charge on any atom is 0.220 e. The van der Waals surface area contributed by atoms with Gasteiger partial charge in [-0.15, -0.1) is 0 Å². The van der Waals surface area contributed by atoms with E-state index in [0.717, 1.165) is 74.8 Å². The van der Waals surface area contributed by atoms with Crippen LogP contribution >= 0.6 is 0 Å². The first kappa shape index (κ1) is 29.2. The van der Waals surface area contributed by atoms with E-state index in [4.69, 9.17) is 18.9 Å². The van der Waals surface area contributed by atoms with Gasteiger partial charge in [-0.25, -0.2) is 0 Å². The molecular formula is C31H45N3O5. The molecule has 214 valence electrons. The fourth-order valence-electron chi connectivity index (χ4n) is 5.56. The second kappa shape index (κ2) is 15.1. The zero-order valence-corrected chi connectivity index (χ0v) is 23.7. The molecule has 0 spiro atoms. The number of benzene rings is 2. The van der Waals surface area contributed by atoms with Crippen molar-refractivity contribution in [1.82, 2.24) is 10.6 Å². The number of nitrogens with zero attached hydrogens (tertiary/aromatic N) is 1. The maximum atomic E-state index is 12.4. The van der Waals surface area contributed by atoms with Crippen molar-refractivity contribution in [2.45, 2.75) is 51.2 Å². The number of amides is 1. The molecule has 0 aliphatic carbocycles. The number of carbonyl (C=O) groups is 1. The lowest BCUT2D eigenvalue weighted by molar-refractivity contribution is -0.121. The molecule has 39 heavy (non-hydrogen) atoms. The summed E-state index contributed by atoms with van der Waals surface area (Å²) in [6.07, 6.45) is 3.45. The molecule has 2 N–H and O–H groups in total. The standard InChI is InChI=1S/C31H45N3O5/c1-4-5-7-30(35)33-20-25-19-32-21-29(31(25)24-9-11-26(37-3)12-10-24)39-22-23-8-13-28-27(18-23)34(15-17-38-28)14-6-16-36-2/h8-13,18,25,29,31-32H,4-7,14-17,19-22H2,1-3H3,(H,33,35)/t25-,29-,31-/m0/s1. The number of rotatable bonds is 14. The summed E-state index contributed by atoms with van der Waals surface area (Å²) in [7, 11) is 3.43. The van der Waals surface area contributed by atoms with Gasteiger partial charge in [0.05, 0.1) is 32.1 Å². The summed E-state index contributed by atoms with van der Waals surface area (Å²) in [6, 6.07) is 14.6. The van der Waals surface area contributed by atoms with Crippen LogP contribution in [0.3, 0.4) is 0 Å². The number of carbonyl (C=O) groups excluding carboxylic acids is 1. The highest BCUT2D eigenvalue weighted by Gasteiger charge is 2.35. The molecule has 8 heteroatoms. The van der Waals surface area contributed by atoms with E-state index >= 15 is 0 Å². The average Bonchev–Trinajstić information content (AvgIpc) is 2.98. The third-order valence-electron chi connectivity index (χ3n) is 7.70. The summed E-state index contributed by atoms with van der Waals surface area (Å²) in [5, 5.41) is 6.73. The third kappa shape index (κ3) is 8.10. The van der Waals surface area contributed by atoms with Gasteiger partial charge < -0.3 is 34.5 Å². The Kier molecular flexibility index (Phi) is 11.3. The predicted molar refractivity (Wildman–Crippen MR) is 154 cm³/mol. The Morgan fingerprint density at radius 1 is 1.13 bits per heavy atom. The Bertz CT molecular complexity index is 1030. The molecule has 4 rings (SSSR count). The van der Waals surface area contributed by atoms with E-state index < -0.39 is 0 Å². The molecule has 2 aromatic carbocycles. The molecule has 2 aliphatic rings. The van der Waals surface area contributed by atoms with Gasteiger partial charge in [0.15, 0.2) is 0 Å². The molecule has 0 saturated carbocycles. The lowest BCUT2D eigenvalue weighted by atomic mass is 9.79. The van der Waals surface area contributed by atoms with E-state index in [9.17, 15) is 4.79 Å². The Morgan fingerprint density at radius 2 is 1.97 bits per heavy atom. The number of hydrogen-bond donors (Lipinski definition) is 2. The van der Waals surface area contributed by atoms with Crippen molar-refractivity contribution >= 4 is 11.6 Å². The van der Waals surface area contributed by atoms with Crippen LogP contribution in [0.2, 0.25) is 0 Å². The van der Waals surface area contributed by atoms with Crippen LogP contribution in [0.5, 0.6) is 11.5 Å². The van der Waals surface area contributed by atoms with Crippen LogP contribution in [0.25, 0.3) is 0 Å². The minimum absolute atomic E-state index is 0.0326. The van der Waals surface area contributed by atoms with E-state index in [1.165, 1.54) is 5.56 Å². The Balaban J connectivity index is 1.47. The second-order valence-corrected chi connectivity index (χ2v) is 10.5. The van der Waals surface area contributed by atoms with Crippen molar-refractivity contribution < 1.29 is 23.7 Å². The minimum Gasteiger partial charge on any atom is -0.497 e. The molecular weight excluding hydrogens is 494 g/mol. The van der Waals surface area contributed by atoms with E-state index in [1.807, 2.05) is 12.1 Å². The zero-order chi connectivity index (χ0) is 27.5. The van der Waals surface area contributed by atoms with Gasteiger partial charge in [-0.3, -0.25) is 4.79 Å². The molecule has 8 nitrogen and oxygen atoms in total. The molecule has 0 radical (unpaired) electrons. The highest BCUT2D eigenvalue weighted by Crippen LogP contribution is 2.36. The van der Waals surface area contributed by atoms with Gasteiger partial charge in [-0.1, -0.05) is 31.5 Å². The Hall–Kier alpha value is -2.81. The van der Waals surface area contributed by atoms with Gasteiger partial charge in [0, 0.05) is 52.2 Å². The van der Waals surface area contributed by atoms with Crippen molar-refractivity contribution in [3.05, 3.63) is 53.6 Å². The van der Waals surface area contributed by atoms with E-state index in [-0.39, 0.29) is 23.8 Å². The molecule has 1 saturated heterocycles. The summed E-state index contributed by atoms with van der Waals surface area (Å²) in [5.74, 6) is 2.25. The highest BCUT2D eigenvalue weighted by molar-refractivity contribution is 5.75. The van der Waals surface area contributed by atoms with Crippen LogP contribution in [-0.2, 0) is 20.9 Å². The van der Waals surface area contributed by atoms with Gasteiger partial charge in [0.1, 0.15) is 18.1 Å². The van der Waals surface area contributed by atoms with Crippen LogP contribution in [0.4, 0.5) is 5.69 Å². The largest absolute Gasteiger partial charge is 0.497 e. The number of methoxy groups -OCH3 is 2. The van der Waals surface area contributed by atoms with Crippen LogP contribution in [0.1, 0.15) is 49.7 Å². The van der Waals surface area contributed by atoms with E-state index in [0.29, 0.717) is 26.2 Å². The lowest BCUT2D eigenvalue weighted by Crippen LogP contribution is -2.50. The van der Waals surface area contributed by atoms with Crippen molar-refractivity contribution in [3.63, 3.8) is 0 Å². The van der Waals surface area contributed by atoms with Gasteiger partial charge in [0.25, 0.3) is 0 Å². The predicted octanol–water partition coefficient (Wildman–Crippen LogP) is 4.13. The van der Waals surface area contributed by atoms with E-state index in [2.05, 4.69) is 52.8 Å². The molecule has 1 amide bonds. The second-order valence-electron chi connectivity index (χ2n) is 10.5. The van der Waals surface area contributed by atoms with Crippen LogP contribution < -0.4 is 25.0 Å². The first-order valence-electron chi connectivity index (χ1n) is 14.4. The van der Waals surface area contributed by atoms with E-state index in [1.54, 1.807) is 14.2 Å². The number of hydrogen-bond acceptors (Lipinski definition) is 7. The zero-order valence-electron chi connectivity index (χ0n) is 23.7. The van der Waals surface area contributed by atoms with Crippen molar-refractivity contribution in [1.29, 1.82) is 0 Å². The first-order chi connectivity index (χ1) is 19.1. The van der Waals surface area contributed by atoms with Crippen molar-refractivity contribution in [2.24, 2.45) is 5.92 Å². The summed E-state index contributed by atoms with van der Waals surface area (Å²) in [4.78, 5) is 14.8.